The van der Waals surface area contributed by atoms with Crippen molar-refractivity contribution in [3.05, 3.63) is 41.7 Å². The largest absolute Gasteiger partial charge is 0.363 e. The Balaban J connectivity index is 2.61. The number of fused-ring (bicyclic) bond motifs is 1. The number of hydrogen-bond acceptors (Lipinski definition) is 2. The fourth-order valence-corrected chi connectivity index (χ4v) is 2.35. The van der Waals surface area contributed by atoms with E-state index >= 15 is 0 Å². The van der Waals surface area contributed by atoms with Gasteiger partial charge in [-0.25, -0.2) is 0 Å². The molecule has 1 aliphatic rings. The Morgan fingerprint density at radius 2 is 1.94 bits per heavy atom. The predicted octanol–water partition coefficient (Wildman–Crippen LogP) is 4.00. The van der Waals surface area contributed by atoms with E-state index in [2.05, 4.69) is 67.9 Å². The monoisotopic (exact) mass is 242 g/mol. The second-order valence-electron chi connectivity index (χ2n) is 5.32. The average molecular weight is 242 g/mol. The van der Waals surface area contributed by atoms with Crippen molar-refractivity contribution in [3.63, 3.8) is 0 Å². The Labute approximate surface area is 110 Å². The first-order valence-corrected chi connectivity index (χ1v) is 6.70. The maximum absolute atomic E-state index is 4.53. The molecule has 2 heteroatoms. The normalized spacial score (nSPS) is 18.4. The van der Waals surface area contributed by atoms with Gasteiger partial charge in [-0.1, -0.05) is 32.1 Å². The van der Waals surface area contributed by atoms with Gasteiger partial charge < -0.3 is 4.90 Å². The number of nitrogens with zero attached hydrogens (tertiary/aromatic N) is 2. The van der Waals surface area contributed by atoms with Crippen LogP contribution in [0.1, 0.15) is 44.9 Å². The molecule has 0 aromatic carbocycles. The Hall–Kier alpha value is -1.57. The molecule has 0 N–H and O–H groups in total. The van der Waals surface area contributed by atoms with Crippen LogP contribution < -0.4 is 4.90 Å². The first-order valence-electron chi connectivity index (χ1n) is 6.70. The molecule has 1 aromatic heterocycles. The topological polar surface area (TPSA) is 16.1 Å². The summed E-state index contributed by atoms with van der Waals surface area (Å²) in [5.74, 6) is 0.514. The van der Waals surface area contributed by atoms with Gasteiger partial charge >= 0.3 is 0 Å². The molecule has 2 rings (SSSR count). The highest BCUT2D eigenvalue weighted by Gasteiger charge is 2.19. The second kappa shape index (κ2) is 5.38. The zero-order valence-electron chi connectivity index (χ0n) is 11.7. The molecular formula is C16H22N2. The van der Waals surface area contributed by atoms with Crippen molar-refractivity contribution in [1.82, 2.24) is 4.98 Å². The standard InChI is InChI=1S/C16H22N2/c1-12(2)14-9-10-17-15-8-6-5-7-11-18(13(3)4)16(14)15/h5-10,12-13H,11H2,1-4H3/b7-5-,8-6-. The van der Waals surface area contributed by atoms with Crippen LogP contribution in [0.15, 0.2) is 30.5 Å². The summed E-state index contributed by atoms with van der Waals surface area (Å²) in [6, 6.07) is 2.62. The summed E-state index contributed by atoms with van der Waals surface area (Å²) in [6.07, 6.45) is 10.4. The molecular weight excluding hydrogens is 220 g/mol. The highest BCUT2D eigenvalue weighted by atomic mass is 15.2. The van der Waals surface area contributed by atoms with Crippen LogP contribution in [0.2, 0.25) is 0 Å². The van der Waals surface area contributed by atoms with E-state index in [1.807, 2.05) is 6.20 Å². The van der Waals surface area contributed by atoms with Crippen LogP contribution in [0.3, 0.4) is 0 Å². The van der Waals surface area contributed by atoms with Crippen molar-refractivity contribution in [2.24, 2.45) is 0 Å². The Kier molecular flexibility index (Phi) is 3.85. The van der Waals surface area contributed by atoms with E-state index in [1.54, 1.807) is 0 Å². The molecule has 2 nitrogen and oxygen atoms in total. The Morgan fingerprint density at radius 3 is 2.61 bits per heavy atom. The SMILES string of the molecule is CC(C)c1ccnc2c1N(C(C)C)C/C=C\C=C/2. The minimum absolute atomic E-state index is 0.474. The van der Waals surface area contributed by atoms with Crippen LogP contribution in [0.5, 0.6) is 0 Å². The number of aromatic nitrogens is 1. The molecule has 0 saturated heterocycles. The van der Waals surface area contributed by atoms with Gasteiger partial charge in [-0.15, -0.1) is 0 Å². The lowest BCUT2D eigenvalue weighted by molar-refractivity contribution is 0.708. The molecule has 1 aromatic rings. The molecule has 0 spiro atoms. The van der Waals surface area contributed by atoms with E-state index in [4.69, 9.17) is 0 Å². The molecule has 0 unspecified atom stereocenters. The Bertz CT molecular complexity index is 470. The average Bonchev–Trinajstić information content (AvgIpc) is 2.28. The fraction of sp³-hybridized carbons (Fsp3) is 0.438. The third-order valence-corrected chi connectivity index (χ3v) is 3.32. The van der Waals surface area contributed by atoms with Gasteiger partial charge in [0, 0.05) is 18.8 Å². The molecule has 1 aliphatic heterocycles. The van der Waals surface area contributed by atoms with Crippen molar-refractivity contribution >= 4 is 11.8 Å². The number of hydrogen-bond donors (Lipinski definition) is 0. The van der Waals surface area contributed by atoms with E-state index in [1.165, 1.54) is 11.3 Å². The van der Waals surface area contributed by atoms with Crippen molar-refractivity contribution < 1.29 is 0 Å². The van der Waals surface area contributed by atoms with Gasteiger partial charge in [0.05, 0.1) is 11.4 Å². The summed E-state index contributed by atoms with van der Waals surface area (Å²) < 4.78 is 0. The van der Waals surface area contributed by atoms with Crippen molar-refractivity contribution in [2.75, 3.05) is 11.4 Å². The van der Waals surface area contributed by atoms with E-state index in [0.717, 1.165) is 12.2 Å². The van der Waals surface area contributed by atoms with Crippen molar-refractivity contribution in [1.29, 1.82) is 0 Å². The first-order chi connectivity index (χ1) is 8.61. The van der Waals surface area contributed by atoms with Gasteiger partial charge in [-0.2, -0.15) is 0 Å². The van der Waals surface area contributed by atoms with Crippen LogP contribution >= 0.6 is 0 Å². The zero-order valence-corrected chi connectivity index (χ0v) is 11.7. The van der Waals surface area contributed by atoms with Crippen LogP contribution in [0.25, 0.3) is 6.08 Å². The molecule has 18 heavy (non-hydrogen) atoms. The summed E-state index contributed by atoms with van der Waals surface area (Å²) in [5.41, 5.74) is 3.76. The highest BCUT2D eigenvalue weighted by molar-refractivity contribution is 5.70. The van der Waals surface area contributed by atoms with Gasteiger partial charge in [0.1, 0.15) is 0 Å². The first kappa shape index (κ1) is 12.9. The highest BCUT2D eigenvalue weighted by Crippen LogP contribution is 2.32. The number of allylic oxidation sites excluding steroid dienone is 2. The van der Waals surface area contributed by atoms with Gasteiger partial charge in [-0.05, 0) is 37.5 Å². The van der Waals surface area contributed by atoms with E-state index in [9.17, 15) is 0 Å². The lowest BCUT2D eigenvalue weighted by Gasteiger charge is -2.32. The molecule has 0 bridgehead atoms. The minimum atomic E-state index is 0.474. The predicted molar refractivity (Wildman–Crippen MR) is 79.0 cm³/mol. The second-order valence-corrected chi connectivity index (χ2v) is 5.32. The minimum Gasteiger partial charge on any atom is -0.363 e. The summed E-state index contributed by atoms with van der Waals surface area (Å²) in [4.78, 5) is 6.96. The molecule has 0 fully saturated rings. The molecule has 2 heterocycles. The maximum Gasteiger partial charge on any atom is 0.0866 e. The molecule has 0 saturated carbocycles. The third kappa shape index (κ3) is 2.47. The molecule has 96 valence electrons. The zero-order chi connectivity index (χ0) is 13.1. The summed E-state index contributed by atoms with van der Waals surface area (Å²) in [6.45, 7) is 9.90. The fourth-order valence-electron chi connectivity index (χ4n) is 2.35. The van der Waals surface area contributed by atoms with Crippen LogP contribution in [0, 0.1) is 0 Å². The number of anilines is 1. The lowest BCUT2D eigenvalue weighted by atomic mass is 9.98. The van der Waals surface area contributed by atoms with Crippen molar-refractivity contribution in [3.8, 4) is 0 Å². The lowest BCUT2D eigenvalue weighted by Crippen LogP contribution is -2.33. The van der Waals surface area contributed by atoms with Crippen molar-refractivity contribution in [2.45, 2.75) is 39.7 Å². The molecule has 0 aliphatic carbocycles. The summed E-state index contributed by atoms with van der Waals surface area (Å²) >= 11 is 0. The number of pyridine rings is 1. The van der Waals surface area contributed by atoms with E-state index < -0.39 is 0 Å². The quantitative estimate of drug-likeness (QED) is 0.779. The van der Waals surface area contributed by atoms with Gasteiger partial charge in [0.25, 0.3) is 0 Å². The summed E-state index contributed by atoms with van der Waals surface area (Å²) in [7, 11) is 0. The van der Waals surface area contributed by atoms with Crippen LogP contribution in [0.4, 0.5) is 5.69 Å². The van der Waals surface area contributed by atoms with Gasteiger partial charge in [0.15, 0.2) is 0 Å². The van der Waals surface area contributed by atoms with Crippen LogP contribution in [-0.4, -0.2) is 17.6 Å². The molecule has 0 amide bonds. The molecule has 0 radical (unpaired) electrons. The van der Waals surface area contributed by atoms with Gasteiger partial charge in [0.2, 0.25) is 0 Å². The number of rotatable bonds is 2. The smallest absolute Gasteiger partial charge is 0.0866 e. The maximum atomic E-state index is 4.53. The summed E-state index contributed by atoms with van der Waals surface area (Å²) in [5, 5.41) is 0. The third-order valence-electron chi connectivity index (χ3n) is 3.32. The van der Waals surface area contributed by atoms with E-state index in [-0.39, 0.29) is 0 Å². The molecule has 0 atom stereocenters. The van der Waals surface area contributed by atoms with Crippen LogP contribution in [-0.2, 0) is 0 Å². The van der Waals surface area contributed by atoms with Gasteiger partial charge in [-0.3, -0.25) is 4.98 Å². The van der Waals surface area contributed by atoms with E-state index in [0.29, 0.717) is 12.0 Å². The Morgan fingerprint density at radius 1 is 1.17 bits per heavy atom.